The topological polar surface area (TPSA) is 61.3 Å². The first kappa shape index (κ1) is 14.4. The van der Waals surface area contributed by atoms with Crippen LogP contribution in [0.4, 0.5) is 5.82 Å². The quantitative estimate of drug-likeness (QED) is 0.917. The summed E-state index contributed by atoms with van der Waals surface area (Å²) in [6.45, 7) is 8.41. The van der Waals surface area contributed by atoms with Crippen LogP contribution in [0.2, 0.25) is 0 Å². The highest BCUT2D eigenvalue weighted by molar-refractivity contribution is 5.81. The van der Waals surface area contributed by atoms with Crippen LogP contribution in [0.25, 0.3) is 11.1 Å². The van der Waals surface area contributed by atoms with E-state index in [-0.39, 0.29) is 5.41 Å². The van der Waals surface area contributed by atoms with Crippen LogP contribution >= 0.6 is 0 Å². The van der Waals surface area contributed by atoms with Crippen molar-refractivity contribution in [2.24, 2.45) is 0 Å². The molecular formula is C16H22N2O2. The molecule has 0 fully saturated rings. The zero-order chi connectivity index (χ0) is 14.9. The highest BCUT2D eigenvalue weighted by Gasteiger charge is 2.30. The van der Waals surface area contributed by atoms with Gasteiger partial charge in [0.15, 0.2) is 11.6 Å². The maximum Gasteiger partial charge on any atom is 0.175 e. The molecule has 1 heterocycles. The molecule has 1 aromatic carbocycles. The molecule has 0 unspecified atom stereocenters. The monoisotopic (exact) mass is 274 g/mol. The Kier molecular flexibility index (Phi) is 3.75. The molecule has 0 bridgehead atoms. The van der Waals surface area contributed by atoms with Crippen LogP contribution in [0, 0.1) is 6.92 Å². The van der Waals surface area contributed by atoms with Gasteiger partial charge < -0.3 is 15.0 Å². The first-order valence-electron chi connectivity index (χ1n) is 6.81. The zero-order valence-electron chi connectivity index (χ0n) is 12.8. The van der Waals surface area contributed by atoms with Gasteiger partial charge in [0.1, 0.15) is 5.75 Å². The molecule has 0 amide bonds. The van der Waals surface area contributed by atoms with Gasteiger partial charge in [-0.1, -0.05) is 37.6 Å². The van der Waals surface area contributed by atoms with E-state index in [4.69, 9.17) is 15.0 Å². The van der Waals surface area contributed by atoms with Crippen molar-refractivity contribution < 1.29 is 9.26 Å². The maximum atomic E-state index is 6.04. The number of nitrogens with zero attached hydrogens (tertiary/aromatic N) is 1. The summed E-state index contributed by atoms with van der Waals surface area (Å²) < 4.78 is 11.0. The standard InChI is InChI=1S/C16H22N2O2/c1-6-16(3,4)14-13(15(17)18-20-14)11-9-10(2)7-8-12(11)19-5/h7-9H,6H2,1-5H3,(H2,17,18). The lowest BCUT2D eigenvalue weighted by atomic mass is 9.83. The number of rotatable bonds is 4. The number of aromatic nitrogens is 1. The molecule has 4 heteroatoms. The van der Waals surface area contributed by atoms with Crippen molar-refractivity contribution in [2.75, 3.05) is 12.8 Å². The number of ether oxygens (including phenoxy) is 1. The first-order chi connectivity index (χ1) is 9.40. The molecule has 2 rings (SSSR count). The third kappa shape index (κ3) is 2.38. The molecular weight excluding hydrogens is 252 g/mol. The van der Waals surface area contributed by atoms with Crippen LogP contribution in [0.1, 0.15) is 38.5 Å². The largest absolute Gasteiger partial charge is 0.496 e. The summed E-state index contributed by atoms with van der Waals surface area (Å²) in [6, 6.07) is 6.01. The van der Waals surface area contributed by atoms with E-state index in [0.29, 0.717) is 5.82 Å². The SMILES string of the molecule is CCC(C)(C)c1onc(N)c1-c1cc(C)ccc1OC. The van der Waals surface area contributed by atoms with Gasteiger partial charge in [-0.3, -0.25) is 0 Å². The van der Waals surface area contributed by atoms with Crippen molar-refractivity contribution in [3.63, 3.8) is 0 Å². The fourth-order valence-electron chi connectivity index (χ4n) is 2.20. The number of nitrogen functional groups attached to an aromatic ring is 1. The van der Waals surface area contributed by atoms with E-state index in [2.05, 4.69) is 32.0 Å². The van der Waals surface area contributed by atoms with E-state index in [1.165, 1.54) is 0 Å². The van der Waals surface area contributed by atoms with Gasteiger partial charge in [-0.25, -0.2) is 0 Å². The third-order valence-corrected chi connectivity index (χ3v) is 3.84. The van der Waals surface area contributed by atoms with Gasteiger partial charge in [0.2, 0.25) is 0 Å². The van der Waals surface area contributed by atoms with Crippen molar-refractivity contribution in [2.45, 2.75) is 39.5 Å². The molecule has 108 valence electrons. The van der Waals surface area contributed by atoms with Crippen molar-refractivity contribution in [1.29, 1.82) is 0 Å². The van der Waals surface area contributed by atoms with Crippen LogP contribution in [-0.2, 0) is 5.41 Å². The minimum absolute atomic E-state index is 0.130. The predicted octanol–water partition coefficient (Wildman–Crippen LogP) is 3.93. The van der Waals surface area contributed by atoms with E-state index >= 15 is 0 Å². The molecule has 0 atom stereocenters. The Labute approximate surface area is 119 Å². The van der Waals surface area contributed by atoms with Gasteiger partial charge in [-0.15, -0.1) is 0 Å². The van der Waals surface area contributed by atoms with Gasteiger partial charge in [0, 0.05) is 11.0 Å². The Morgan fingerprint density at radius 1 is 1.35 bits per heavy atom. The number of methoxy groups -OCH3 is 1. The number of nitrogens with two attached hydrogens (primary N) is 1. The summed E-state index contributed by atoms with van der Waals surface area (Å²) >= 11 is 0. The summed E-state index contributed by atoms with van der Waals surface area (Å²) in [6.07, 6.45) is 0.933. The molecule has 4 nitrogen and oxygen atoms in total. The lowest BCUT2D eigenvalue weighted by Crippen LogP contribution is -2.15. The number of hydrogen-bond acceptors (Lipinski definition) is 4. The number of anilines is 1. The van der Waals surface area contributed by atoms with Crippen LogP contribution in [0.5, 0.6) is 5.75 Å². The second kappa shape index (κ2) is 5.19. The molecule has 2 N–H and O–H groups in total. The summed E-state index contributed by atoms with van der Waals surface area (Å²) in [4.78, 5) is 0. The predicted molar refractivity (Wildman–Crippen MR) is 81.0 cm³/mol. The Morgan fingerprint density at radius 3 is 2.65 bits per heavy atom. The van der Waals surface area contributed by atoms with Crippen LogP contribution in [-0.4, -0.2) is 12.3 Å². The Balaban J connectivity index is 2.70. The van der Waals surface area contributed by atoms with E-state index in [1.54, 1.807) is 7.11 Å². The molecule has 0 aliphatic carbocycles. The molecule has 0 saturated carbocycles. The van der Waals surface area contributed by atoms with Gasteiger partial charge in [-0.2, -0.15) is 0 Å². The smallest absolute Gasteiger partial charge is 0.175 e. The minimum atomic E-state index is -0.130. The third-order valence-electron chi connectivity index (χ3n) is 3.84. The Hall–Kier alpha value is -1.97. The highest BCUT2D eigenvalue weighted by atomic mass is 16.5. The summed E-state index contributed by atoms with van der Waals surface area (Å²) in [5, 5.41) is 3.96. The molecule has 20 heavy (non-hydrogen) atoms. The maximum absolute atomic E-state index is 6.04. The van der Waals surface area contributed by atoms with Gasteiger partial charge in [-0.05, 0) is 25.5 Å². The van der Waals surface area contributed by atoms with Gasteiger partial charge in [0.05, 0.1) is 12.7 Å². The van der Waals surface area contributed by atoms with Crippen molar-refractivity contribution >= 4 is 5.82 Å². The van der Waals surface area contributed by atoms with Crippen molar-refractivity contribution in [1.82, 2.24) is 5.16 Å². The average Bonchev–Trinajstić information content (AvgIpc) is 2.81. The Morgan fingerprint density at radius 2 is 2.05 bits per heavy atom. The van der Waals surface area contributed by atoms with Gasteiger partial charge in [0.25, 0.3) is 0 Å². The van der Waals surface area contributed by atoms with E-state index in [9.17, 15) is 0 Å². The van der Waals surface area contributed by atoms with E-state index in [1.807, 2.05) is 19.1 Å². The molecule has 1 aromatic heterocycles. The first-order valence-corrected chi connectivity index (χ1v) is 6.81. The number of aryl methyl sites for hydroxylation is 1. The number of hydrogen-bond donors (Lipinski definition) is 1. The van der Waals surface area contributed by atoms with E-state index in [0.717, 1.165) is 34.6 Å². The summed E-state index contributed by atoms with van der Waals surface area (Å²) in [5.74, 6) is 1.99. The summed E-state index contributed by atoms with van der Waals surface area (Å²) in [7, 11) is 1.66. The van der Waals surface area contributed by atoms with E-state index < -0.39 is 0 Å². The average molecular weight is 274 g/mol. The zero-order valence-corrected chi connectivity index (χ0v) is 12.8. The lowest BCUT2D eigenvalue weighted by Gasteiger charge is -2.21. The van der Waals surface area contributed by atoms with Crippen LogP contribution < -0.4 is 10.5 Å². The second-order valence-electron chi connectivity index (χ2n) is 5.71. The summed E-state index contributed by atoms with van der Waals surface area (Å²) in [5.41, 5.74) is 8.83. The van der Waals surface area contributed by atoms with Crippen molar-refractivity contribution in [3.8, 4) is 16.9 Å². The van der Waals surface area contributed by atoms with Crippen LogP contribution in [0.3, 0.4) is 0 Å². The second-order valence-corrected chi connectivity index (χ2v) is 5.71. The molecule has 0 radical (unpaired) electrons. The fraction of sp³-hybridized carbons (Fsp3) is 0.438. The molecule has 0 aliphatic heterocycles. The van der Waals surface area contributed by atoms with Crippen molar-refractivity contribution in [3.05, 3.63) is 29.5 Å². The number of benzene rings is 1. The normalized spacial score (nSPS) is 11.7. The molecule has 0 saturated heterocycles. The minimum Gasteiger partial charge on any atom is -0.496 e. The Bertz CT molecular complexity index is 615. The molecule has 0 aliphatic rings. The molecule has 2 aromatic rings. The molecule has 0 spiro atoms. The fourth-order valence-corrected chi connectivity index (χ4v) is 2.20. The van der Waals surface area contributed by atoms with Crippen LogP contribution in [0.15, 0.2) is 22.7 Å². The van der Waals surface area contributed by atoms with Gasteiger partial charge >= 0.3 is 0 Å². The highest BCUT2D eigenvalue weighted by Crippen LogP contribution is 2.42. The lowest BCUT2D eigenvalue weighted by molar-refractivity contribution is 0.313.